The normalized spacial score (nSPS) is 10.3. The van der Waals surface area contributed by atoms with Crippen molar-refractivity contribution in [2.24, 2.45) is 0 Å². The van der Waals surface area contributed by atoms with Crippen molar-refractivity contribution >= 4 is 5.91 Å². The lowest BCUT2D eigenvalue weighted by atomic mass is 10.1. The predicted octanol–water partition coefficient (Wildman–Crippen LogP) is 1.77. The molecule has 1 aromatic carbocycles. The third-order valence-electron chi connectivity index (χ3n) is 2.91. The summed E-state index contributed by atoms with van der Waals surface area (Å²) in [5.41, 5.74) is 3.73. The van der Waals surface area contributed by atoms with E-state index in [9.17, 15) is 4.79 Å². The Morgan fingerprint density at radius 1 is 1.42 bits per heavy atom. The van der Waals surface area contributed by atoms with Gasteiger partial charge in [-0.1, -0.05) is 23.8 Å². The molecule has 4 nitrogen and oxygen atoms in total. The molecule has 102 valence electrons. The summed E-state index contributed by atoms with van der Waals surface area (Å²) in [5, 5.41) is 11.1. The summed E-state index contributed by atoms with van der Waals surface area (Å²) >= 11 is 0. The van der Waals surface area contributed by atoms with Crippen molar-refractivity contribution < 1.29 is 4.79 Å². The van der Waals surface area contributed by atoms with Crippen LogP contribution in [0.5, 0.6) is 0 Å². The molecule has 0 radical (unpaired) electrons. The van der Waals surface area contributed by atoms with Crippen molar-refractivity contribution in [3.8, 4) is 6.07 Å². The highest BCUT2D eigenvalue weighted by atomic mass is 16.2. The first-order valence-electron chi connectivity index (χ1n) is 6.41. The van der Waals surface area contributed by atoms with Crippen molar-refractivity contribution in [1.29, 1.82) is 5.26 Å². The first-order valence-corrected chi connectivity index (χ1v) is 6.41. The van der Waals surface area contributed by atoms with Crippen LogP contribution < -0.4 is 5.32 Å². The summed E-state index contributed by atoms with van der Waals surface area (Å²) in [7, 11) is 1.92. The van der Waals surface area contributed by atoms with E-state index in [0.717, 1.165) is 6.54 Å². The SMILES string of the molecule is Cc1ccc(CN(C)CC(=O)NCCC#N)c(C)c1. The molecule has 0 spiro atoms. The molecular weight excluding hydrogens is 238 g/mol. The highest BCUT2D eigenvalue weighted by molar-refractivity contribution is 5.77. The fourth-order valence-electron chi connectivity index (χ4n) is 1.93. The quantitative estimate of drug-likeness (QED) is 0.792. The van der Waals surface area contributed by atoms with Gasteiger partial charge in [0, 0.05) is 13.1 Å². The number of carbonyl (C=O) groups is 1. The van der Waals surface area contributed by atoms with Crippen molar-refractivity contribution in [2.75, 3.05) is 20.1 Å². The Bertz CT molecular complexity index is 477. The summed E-state index contributed by atoms with van der Waals surface area (Å²) in [6.07, 6.45) is 0.354. The third kappa shape index (κ3) is 5.54. The van der Waals surface area contributed by atoms with Crippen LogP contribution in [0.25, 0.3) is 0 Å². The van der Waals surface area contributed by atoms with Gasteiger partial charge in [-0.3, -0.25) is 9.69 Å². The number of rotatable bonds is 6. The van der Waals surface area contributed by atoms with Crippen molar-refractivity contribution in [3.63, 3.8) is 0 Å². The van der Waals surface area contributed by atoms with Crippen LogP contribution in [0.4, 0.5) is 0 Å². The Morgan fingerprint density at radius 2 is 2.16 bits per heavy atom. The molecular formula is C15H21N3O. The third-order valence-corrected chi connectivity index (χ3v) is 2.91. The van der Waals surface area contributed by atoms with E-state index >= 15 is 0 Å². The number of nitriles is 1. The Labute approximate surface area is 115 Å². The van der Waals surface area contributed by atoms with Crippen LogP contribution in [-0.4, -0.2) is 30.9 Å². The van der Waals surface area contributed by atoms with Crippen LogP contribution in [-0.2, 0) is 11.3 Å². The monoisotopic (exact) mass is 259 g/mol. The molecule has 1 N–H and O–H groups in total. The van der Waals surface area contributed by atoms with Crippen LogP contribution >= 0.6 is 0 Å². The molecule has 0 aliphatic carbocycles. The highest BCUT2D eigenvalue weighted by Gasteiger charge is 2.08. The molecule has 0 aromatic heterocycles. The standard InChI is InChI=1S/C15H21N3O/c1-12-5-6-14(13(2)9-12)10-18(3)11-15(19)17-8-4-7-16/h5-6,9H,4,8,10-11H2,1-3H3,(H,17,19). The lowest BCUT2D eigenvalue weighted by Gasteiger charge is -2.17. The molecule has 0 heterocycles. The van der Waals surface area contributed by atoms with Gasteiger partial charge < -0.3 is 5.32 Å². The first kappa shape index (κ1) is 15.2. The molecule has 0 unspecified atom stereocenters. The Hall–Kier alpha value is -1.86. The van der Waals surface area contributed by atoms with Crippen LogP contribution in [0.1, 0.15) is 23.1 Å². The maximum Gasteiger partial charge on any atom is 0.234 e. The zero-order valence-electron chi connectivity index (χ0n) is 11.9. The van der Waals surface area contributed by atoms with E-state index in [4.69, 9.17) is 5.26 Å². The number of nitrogens with zero attached hydrogens (tertiary/aromatic N) is 2. The van der Waals surface area contributed by atoms with Crippen LogP contribution in [0, 0.1) is 25.2 Å². The molecule has 0 atom stereocenters. The Kier molecular flexibility index (Phi) is 6.04. The minimum absolute atomic E-state index is 0.0393. The van der Waals surface area contributed by atoms with Gasteiger partial charge in [0.15, 0.2) is 0 Å². The molecule has 0 fully saturated rings. The second-order valence-electron chi connectivity index (χ2n) is 4.86. The van der Waals surface area contributed by atoms with Crippen molar-refractivity contribution in [1.82, 2.24) is 10.2 Å². The Balaban J connectivity index is 2.44. The fraction of sp³-hybridized carbons (Fsp3) is 0.467. The number of likely N-dealkylation sites (N-methyl/N-ethyl adjacent to an activating group) is 1. The van der Waals surface area contributed by atoms with Crippen LogP contribution in [0.2, 0.25) is 0 Å². The molecule has 1 aromatic rings. The first-order chi connectivity index (χ1) is 9.02. The molecule has 0 saturated carbocycles. The van der Waals surface area contributed by atoms with E-state index < -0.39 is 0 Å². The predicted molar refractivity (Wildman–Crippen MR) is 75.5 cm³/mol. The average Bonchev–Trinajstić information content (AvgIpc) is 2.33. The van der Waals surface area contributed by atoms with Gasteiger partial charge in [0.2, 0.25) is 5.91 Å². The molecule has 1 amide bonds. The molecule has 19 heavy (non-hydrogen) atoms. The number of nitrogens with one attached hydrogen (secondary N) is 1. The average molecular weight is 259 g/mol. The van der Waals surface area contributed by atoms with Gasteiger partial charge in [-0.25, -0.2) is 0 Å². The minimum atomic E-state index is -0.0393. The van der Waals surface area contributed by atoms with E-state index in [1.54, 1.807) is 0 Å². The molecule has 0 bridgehead atoms. The fourth-order valence-corrected chi connectivity index (χ4v) is 1.93. The summed E-state index contributed by atoms with van der Waals surface area (Å²) in [4.78, 5) is 13.6. The van der Waals surface area contributed by atoms with Gasteiger partial charge in [-0.2, -0.15) is 5.26 Å². The molecule has 4 heteroatoms. The molecule has 1 rings (SSSR count). The minimum Gasteiger partial charge on any atom is -0.354 e. The number of hydrogen-bond donors (Lipinski definition) is 1. The number of carbonyl (C=O) groups excluding carboxylic acids is 1. The topological polar surface area (TPSA) is 56.1 Å². The molecule has 0 saturated heterocycles. The number of hydrogen-bond acceptors (Lipinski definition) is 3. The van der Waals surface area contributed by atoms with Gasteiger partial charge in [0.25, 0.3) is 0 Å². The van der Waals surface area contributed by atoms with E-state index in [2.05, 4.69) is 37.4 Å². The number of amides is 1. The van der Waals surface area contributed by atoms with Crippen molar-refractivity contribution in [2.45, 2.75) is 26.8 Å². The van der Waals surface area contributed by atoms with E-state index in [1.165, 1.54) is 16.7 Å². The summed E-state index contributed by atoms with van der Waals surface area (Å²) in [6.45, 7) is 5.68. The van der Waals surface area contributed by atoms with Gasteiger partial charge in [-0.15, -0.1) is 0 Å². The zero-order valence-corrected chi connectivity index (χ0v) is 11.9. The smallest absolute Gasteiger partial charge is 0.234 e. The lowest BCUT2D eigenvalue weighted by molar-refractivity contribution is -0.122. The second kappa shape index (κ2) is 7.55. The summed E-state index contributed by atoms with van der Waals surface area (Å²) in [6, 6.07) is 8.34. The van der Waals surface area contributed by atoms with Crippen LogP contribution in [0.3, 0.4) is 0 Å². The number of aryl methyl sites for hydroxylation is 2. The lowest BCUT2D eigenvalue weighted by Crippen LogP contribution is -2.35. The van der Waals surface area contributed by atoms with E-state index in [1.807, 2.05) is 18.0 Å². The molecule has 0 aliphatic rings. The number of benzene rings is 1. The van der Waals surface area contributed by atoms with Gasteiger partial charge in [-0.05, 0) is 32.0 Å². The highest BCUT2D eigenvalue weighted by Crippen LogP contribution is 2.12. The van der Waals surface area contributed by atoms with Gasteiger partial charge in [0.05, 0.1) is 19.0 Å². The van der Waals surface area contributed by atoms with E-state index in [0.29, 0.717) is 19.5 Å². The maximum absolute atomic E-state index is 11.6. The zero-order chi connectivity index (χ0) is 14.3. The van der Waals surface area contributed by atoms with E-state index in [-0.39, 0.29) is 5.91 Å². The van der Waals surface area contributed by atoms with Gasteiger partial charge >= 0.3 is 0 Å². The summed E-state index contributed by atoms with van der Waals surface area (Å²) in [5.74, 6) is -0.0393. The Morgan fingerprint density at radius 3 is 2.79 bits per heavy atom. The summed E-state index contributed by atoms with van der Waals surface area (Å²) < 4.78 is 0. The second-order valence-corrected chi connectivity index (χ2v) is 4.86. The molecule has 0 aliphatic heterocycles. The largest absolute Gasteiger partial charge is 0.354 e. The van der Waals surface area contributed by atoms with Crippen molar-refractivity contribution in [3.05, 3.63) is 34.9 Å². The maximum atomic E-state index is 11.6. The van der Waals surface area contributed by atoms with Crippen LogP contribution in [0.15, 0.2) is 18.2 Å². The van der Waals surface area contributed by atoms with Gasteiger partial charge in [0.1, 0.15) is 0 Å².